The number of hydrogen-bond acceptors (Lipinski definition) is 3. The molecule has 0 saturated carbocycles. The first-order valence-corrected chi connectivity index (χ1v) is 5.48. The van der Waals surface area contributed by atoms with Crippen LogP contribution in [0.1, 0.15) is 19.2 Å². The molecule has 2 heterocycles. The minimum absolute atomic E-state index is 0.529. The average Bonchev–Trinajstić information content (AvgIpc) is 2.59. The van der Waals surface area contributed by atoms with E-state index in [1.165, 1.54) is 0 Å². The second-order valence-corrected chi connectivity index (χ2v) is 5.15. The maximum absolute atomic E-state index is 10.3. The van der Waals surface area contributed by atoms with Gasteiger partial charge in [-0.1, -0.05) is 6.92 Å². The summed E-state index contributed by atoms with van der Waals surface area (Å²) in [6.45, 7) is 2.14. The van der Waals surface area contributed by atoms with E-state index in [0.29, 0.717) is 5.25 Å². The van der Waals surface area contributed by atoms with Gasteiger partial charge in [0.05, 0.1) is 0 Å². The van der Waals surface area contributed by atoms with Crippen molar-refractivity contribution in [2.75, 3.05) is 5.75 Å². The summed E-state index contributed by atoms with van der Waals surface area (Å²) in [6, 6.07) is 0. The van der Waals surface area contributed by atoms with Crippen molar-refractivity contribution in [3.8, 4) is 0 Å². The molecule has 1 N–H and O–H groups in total. The van der Waals surface area contributed by atoms with Crippen molar-refractivity contribution in [1.29, 1.82) is 0 Å². The molecule has 3 nitrogen and oxygen atoms in total. The van der Waals surface area contributed by atoms with Crippen LogP contribution in [0.2, 0.25) is 0 Å². The second kappa shape index (κ2) is 3.03. The summed E-state index contributed by atoms with van der Waals surface area (Å²) in [5, 5.41) is 10.8. The third-order valence-electron chi connectivity index (χ3n) is 2.47. The van der Waals surface area contributed by atoms with Crippen molar-refractivity contribution < 1.29 is 5.11 Å². The zero-order valence-electron chi connectivity index (χ0n) is 7.90. The van der Waals surface area contributed by atoms with Crippen LogP contribution < -0.4 is 0 Å². The quantitative estimate of drug-likeness (QED) is 0.735. The Morgan fingerprint density at radius 3 is 3.00 bits per heavy atom. The van der Waals surface area contributed by atoms with E-state index in [1.807, 2.05) is 29.6 Å². The highest BCUT2D eigenvalue weighted by molar-refractivity contribution is 8.00. The summed E-state index contributed by atoms with van der Waals surface area (Å²) in [7, 11) is 1.92. The smallest absolute Gasteiger partial charge is 0.141 e. The number of aromatic nitrogens is 2. The lowest BCUT2D eigenvalue weighted by molar-refractivity contribution is 0.0490. The molecule has 13 heavy (non-hydrogen) atoms. The Morgan fingerprint density at radius 1 is 1.77 bits per heavy atom. The van der Waals surface area contributed by atoms with E-state index in [-0.39, 0.29) is 0 Å². The molecule has 4 heteroatoms. The van der Waals surface area contributed by atoms with Crippen LogP contribution in [0.25, 0.3) is 0 Å². The Labute approximate surface area is 82.2 Å². The monoisotopic (exact) mass is 198 g/mol. The van der Waals surface area contributed by atoms with Gasteiger partial charge in [-0.25, -0.2) is 4.98 Å². The molecule has 1 aromatic heterocycles. The predicted octanol–water partition coefficient (Wildman–Crippen LogP) is 1.13. The van der Waals surface area contributed by atoms with Gasteiger partial charge in [-0.15, -0.1) is 0 Å². The molecule has 0 bridgehead atoms. The van der Waals surface area contributed by atoms with Gasteiger partial charge in [-0.05, 0) is 6.42 Å². The normalized spacial score (nSPS) is 33.9. The van der Waals surface area contributed by atoms with Crippen LogP contribution in [0.15, 0.2) is 12.4 Å². The van der Waals surface area contributed by atoms with E-state index in [0.717, 1.165) is 18.0 Å². The molecule has 0 aliphatic carbocycles. The molecular formula is C9H14N2OS. The Bertz CT molecular complexity index is 312. The molecule has 0 radical (unpaired) electrons. The van der Waals surface area contributed by atoms with Crippen molar-refractivity contribution in [3.05, 3.63) is 18.2 Å². The molecule has 2 unspecified atom stereocenters. The van der Waals surface area contributed by atoms with Gasteiger partial charge in [0.25, 0.3) is 0 Å². The Hall–Kier alpha value is -0.480. The van der Waals surface area contributed by atoms with Crippen LogP contribution in [0.5, 0.6) is 0 Å². The number of aryl methyl sites for hydroxylation is 1. The Kier molecular flexibility index (Phi) is 2.12. The number of rotatable bonds is 1. The summed E-state index contributed by atoms with van der Waals surface area (Å²) < 4.78 is 1.90. The number of aliphatic hydroxyl groups is 1. The molecule has 2 rings (SSSR count). The fourth-order valence-corrected chi connectivity index (χ4v) is 3.04. The number of nitrogens with zero attached hydrogens (tertiary/aromatic N) is 2. The van der Waals surface area contributed by atoms with E-state index in [1.54, 1.807) is 6.20 Å². The molecule has 1 aromatic rings. The first-order chi connectivity index (χ1) is 6.12. The van der Waals surface area contributed by atoms with E-state index < -0.39 is 5.60 Å². The van der Waals surface area contributed by atoms with Crippen LogP contribution in [0.4, 0.5) is 0 Å². The van der Waals surface area contributed by atoms with Crippen LogP contribution >= 0.6 is 11.8 Å². The first kappa shape index (κ1) is 9.09. The van der Waals surface area contributed by atoms with Crippen LogP contribution in [-0.2, 0) is 12.6 Å². The molecule has 1 saturated heterocycles. The molecule has 1 aliphatic rings. The van der Waals surface area contributed by atoms with E-state index in [9.17, 15) is 5.11 Å². The third-order valence-corrected chi connectivity index (χ3v) is 3.85. The predicted molar refractivity (Wildman–Crippen MR) is 53.6 cm³/mol. The van der Waals surface area contributed by atoms with Gasteiger partial charge < -0.3 is 9.67 Å². The summed E-state index contributed by atoms with van der Waals surface area (Å²) in [4.78, 5) is 4.20. The number of imidazole rings is 1. The first-order valence-electron chi connectivity index (χ1n) is 4.43. The van der Waals surface area contributed by atoms with Crippen molar-refractivity contribution in [3.63, 3.8) is 0 Å². The second-order valence-electron chi connectivity index (χ2n) is 3.72. The van der Waals surface area contributed by atoms with Gasteiger partial charge >= 0.3 is 0 Å². The SMILES string of the molecule is CC1CC(O)(c2nccn2C)CS1. The molecule has 0 amide bonds. The average molecular weight is 198 g/mol. The molecular weight excluding hydrogens is 184 g/mol. The zero-order chi connectivity index (χ0) is 9.47. The summed E-state index contributed by atoms with van der Waals surface area (Å²) in [5.74, 6) is 1.56. The van der Waals surface area contributed by atoms with Crippen molar-refractivity contribution in [1.82, 2.24) is 9.55 Å². The molecule has 1 aliphatic heterocycles. The van der Waals surface area contributed by atoms with Crippen molar-refractivity contribution in [2.45, 2.75) is 24.2 Å². The summed E-state index contributed by atoms with van der Waals surface area (Å²) >= 11 is 1.81. The van der Waals surface area contributed by atoms with Gasteiger partial charge in [0.1, 0.15) is 11.4 Å². The van der Waals surface area contributed by atoms with Crippen LogP contribution in [0.3, 0.4) is 0 Å². The lowest BCUT2D eigenvalue weighted by Crippen LogP contribution is -2.29. The lowest BCUT2D eigenvalue weighted by atomic mass is 10.00. The molecule has 1 fully saturated rings. The highest BCUT2D eigenvalue weighted by atomic mass is 32.2. The Balaban J connectivity index is 2.30. The van der Waals surface area contributed by atoms with E-state index in [4.69, 9.17) is 0 Å². The maximum atomic E-state index is 10.3. The fourth-order valence-electron chi connectivity index (χ4n) is 1.84. The lowest BCUT2D eigenvalue weighted by Gasteiger charge is -2.20. The zero-order valence-corrected chi connectivity index (χ0v) is 8.71. The minimum atomic E-state index is -0.706. The van der Waals surface area contributed by atoms with E-state index in [2.05, 4.69) is 11.9 Å². The Morgan fingerprint density at radius 2 is 2.54 bits per heavy atom. The topological polar surface area (TPSA) is 38.1 Å². The molecule has 0 spiro atoms. The third kappa shape index (κ3) is 1.48. The van der Waals surface area contributed by atoms with E-state index >= 15 is 0 Å². The maximum Gasteiger partial charge on any atom is 0.141 e. The molecule has 0 aromatic carbocycles. The highest BCUT2D eigenvalue weighted by Crippen LogP contribution is 2.40. The standard InChI is InChI=1S/C9H14N2OS/c1-7-5-9(12,6-13-7)8-10-3-4-11(8)2/h3-4,7,12H,5-6H2,1-2H3. The van der Waals surface area contributed by atoms with Gasteiger partial charge in [0.15, 0.2) is 0 Å². The highest BCUT2D eigenvalue weighted by Gasteiger charge is 2.40. The number of hydrogen-bond donors (Lipinski definition) is 1. The van der Waals surface area contributed by atoms with Gasteiger partial charge in [0, 0.05) is 30.4 Å². The minimum Gasteiger partial charge on any atom is -0.381 e. The van der Waals surface area contributed by atoms with Gasteiger partial charge in [0.2, 0.25) is 0 Å². The largest absolute Gasteiger partial charge is 0.381 e. The summed E-state index contributed by atoms with van der Waals surface area (Å²) in [6.07, 6.45) is 4.42. The number of thioether (sulfide) groups is 1. The van der Waals surface area contributed by atoms with Gasteiger partial charge in [-0.2, -0.15) is 11.8 Å². The van der Waals surface area contributed by atoms with Crippen LogP contribution in [0, 0.1) is 0 Å². The van der Waals surface area contributed by atoms with Crippen LogP contribution in [-0.4, -0.2) is 25.7 Å². The van der Waals surface area contributed by atoms with Crippen molar-refractivity contribution >= 4 is 11.8 Å². The van der Waals surface area contributed by atoms with Crippen molar-refractivity contribution in [2.24, 2.45) is 7.05 Å². The fraction of sp³-hybridized carbons (Fsp3) is 0.667. The van der Waals surface area contributed by atoms with Gasteiger partial charge in [-0.3, -0.25) is 0 Å². The summed E-state index contributed by atoms with van der Waals surface area (Å²) in [5.41, 5.74) is -0.706. The molecule has 2 atom stereocenters. The molecule has 72 valence electrons.